The maximum absolute atomic E-state index is 11.3. The van der Waals surface area contributed by atoms with Gasteiger partial charge in [-0.15, -0.1) is 0 Å². The highest BCUT2D eigenvalue weighted by atomic mass is 16.5. The lowest BCUT2D eigenvalue weighted by molar-refractivity contribution is -0.137. The Balaban J connectivity index is 3.26. The standard InChI is InChI=1S/C16H30O2/c1-3-5-7-9-11-13-15-18-16(17)14-12-10-8-6-4-2/h12,14H,3-11,13,15H2,1-2H3/b14-12+. The highest BCUT2D eigenvalue weighted by molar-refractivity contribution is 5.81. The monoisotopic (exact) mass is 254 g/mol. The second-order valence-corrected chi connectivity index (χ2v) is 4.83. The molecule has 0 fully saturated rings. The van der Waals surface area contributed by atoms with E-state index in [0.29, 0.717) is 6.61 Å². The van der Waals surface area contributed by atoms with Gasteiger partial charge < -0.3 is 4.74 Å². The summed E-state index contributed by atoms with van der Waals surface area (Å²) in [6, 6.07) is 0. The minimum atomic E-state index is -0.181. The second-order valence-electron chi connectivity index (χ2n) is 4.83. The maximum Gasteiger partial charge on any atom is 0.330 e. The molecule has 0 aromatic carbocycles. The van der Waals surface area contributed by atoms with E-state index in [1.807, 2.05) is 6.08 Å². The summed E-state index contributed by atoms with van der Waals surface area (Å²) in [6.07, 6.45) is 15.4. The number of esters is 1. The van der Waals surface area contributed by atoms with Crippen LogP contribution in [0.4, 0.5) is 0 Å². The molecule has 18 heavy (non-hydrogen) atoms. The average Bonchev–Trinajstić information content (AvgIpc) is 2.37. The Morgan fingerprint density at radius 3 is 2.22 bits per heavy atom. The second kappa shape index (κ2) is 14.3. The molecule has 0 unspecified atom stereocenters. The van der Waals surface area contributed by atoms with Gasteiger partial charge in [-0.05, 0) is 19.3 Å². The Bertz CT molecular complexity index is 209. The summed E-state index contributed by atoms with van der Waals surface area (Å²) in [5, 5.41) is 0. The topological polar surface area (TPSA) is 26.3 Å². The van der Waals surface area contributed by atoms with E-state index >= 15 is 0 Å². The zero-order chi connectivity index (χ0) is 13.5. The van der Waals surface area contributed by atoms with Crippen LogP contribution < -0.4 is 0 Å². The van der Waals surface area contributed by atoms with Crippen molar-refractivity contribution in [2.24, 2.45) is 0 Å². The largest absolute Gasteiger partial charge is 0.463 e. The third-order valence-electron chi connectivity index (χ3n) is 2.97. The molecule has 0 saturated carbocycles. The molecule has 0 amide bonds. The minimum Gasteiger partial charge on any atom is -0.463 e. The fraction of sp³-hybridized carbons (Fsp3) is 0.812. The van der Waals surface area contributed by atoms with Gasteiger partial charge in [0.25, 0.3) is 0 Å². The van der Waals surface area contributed by atoms with Gasteiger partial charge in [-0.3, -0.25) is 0 Å². The third-order valence-corrected chi connectivity index (χ3v) is 2.97. The Morgan fingerprint density at radius 1 is 0.889 bits per heavy atom. The zero-order valence-electron chi connectivity index (χ0n) is 12.2. The molecule has 0 atom stereocenters. The molecular weight excluding hydrogens is 224 g/mol. The molecule has 0 aromatic rings. The van der Waals surface area contributed by atoms with Gasteiger partial charge in [0.15, 0.2) is 0 Å². The van der Waals surface area contributed by atoms with Gasteiger partial charge in [0.2, 0.25) is 0 Å². The van der Waals surface area contributed by atoms with E-state index in [9.17, 15) is 4.79 Å². The van der Waals surface area contributed by atoms with Crippen molar-refractivity contribution < 1.29 is 9.53 Å². The van der Waals surface area contributed by atoms with Crippen molar-refractivity contribution in [1.29, 1.82) is 0 Å². The number of carbonyl (C=O) groups excluding carboxylic acids is 1. The molecule has 0 aliphatic heterocycles. The summed E-state index contributed by atoms with van der Waals surface area (Å²) >= 11 is 0. The molecule has 0 N–H and O–H groups in total. The van der Waals surface area contributed by atoms with Crippen LogP contribution in [0, 0.1) is 0 Å². The van der Waals surface area contributed by atoms with Crippen molar-refractivity contribution in [2.45, 2.75) is 78.1 Å². The SMILES string of the molecule is CCCCC/C=C/C(=O)OCCCCCCCC. The predicted molar refractivity (Wildman–Crippen MR) is 77.6 cm³/mol. The first-order chi connectivity index (χ1) is 8.81. The summed E-state index contributed by atoms with van der Waals surface area (Å²) in [6.45, 7) is 4.97. The van der Waals surface area contributed by atoms with Gasteiger partial charge in [0.1, 0.15) is 0 Å². The van der Waals surface area contributed by atoms with Crippen LogP contribution in [0.5, 0.6) is 0 Å². The summed E-state index contributed by atoms with van der Waals surface area (Å²) in [5.41, 5.74) is 0. The van der Waals surface area contributed by atoms with E-state index in [4.69, 9.17) is 4.74 Å². The molecule has 0 aliphatic rings. The van der Waals surface area contributed by atoms with Gasteiger partial charge in [0.05, 0.1) is 6.61 Å². The molecule has 0 radical (unpaired) electrons. The maximum atomic E-state index is 11.3. The van der Waals surface area contributed by atoms with Crippen LogP contribution >= 0.6 is 0 Å². The highest BCUT2D eigenvalue weighted by Gasteiger charge is 1.96. The Labute approximate surface area is 113 Å². The smallest absolute Gasteiger partial charge is 0.330 e. The van der Waals surface area contributed by atoms with Crippen LogP contribution in [0.25, 0.3) is 0 Å². The van der Waals surface area contributed by atoms with Crippen molar-refractivity contribution in [3.8, 4) is 0 Å². The number of allylic oxidation sites excluding steroid dienone is 1. The summed E-state index contributed by atoms with van der Waals surface area (Å²) < 4.78 is 5.13. The Kier molecular flexibility index (Phi) is 13.6. The first-order valence-corrected chi connectivity index (χ1v) is 7.64. The summed E-state index contributed by atoms with van der Waals surface area (Å²) in [4.78, 5) is 11.3. The lowest BCUT2D eigenvalue weighted by atomic mass is 10.1. The first kappa shape index (κ1) is 17.2. The van der Waals surface area contributed by atoms with Gasteiger partial charge >= 0.3 is 5.97 Å². The number of ether oxygens (including phenoxy) is 1. The average molecular weight is 254 g/mol. The van der Waals surface area contributed by atoms with Crippen LogP contribution in [-0.2, 0) is 9.53 Å². The lowest BCUT2D eigenvalue weighted by Gasteiger charge is -2.02. The van der Waals surface area contributed by atoms with Crippen molar-refractivity contribution >= 4 is 5.97 Å². The molecule has 106 valence electrons. The van der Waals surface area contributed by atoms with Crippen molar-refractivity contribution in [3.05, 3.63) is 12.2 Å². The Morgan fingerprint density at radius 2 is 1.50 bits per heavy atom. The van der Waals surface area contributed by atoms with Gasteiger partial charge in [0, 0.05) is 6.08 Å². The van der Waals surface area contributed by atoms with Gasteiger partial charge in [-0.2, -0.15) is 0 Å². The number of unbranched alkanes of at least 4 members (excludes halogenated alkanes) is 8. The van der Waals surface area contributed by atoms with E-state index < -0.39 is 0 Å². The third kappa shape index (κ3) is 13.3. The van der Waals surface area contributed by atoms with Crippen molar-refractivity contribution in [2.75, 3.05) is 6.61 Å². The fourth-order valence-corrected chi connectivity index (χ4v) is 1.80. The van der Waals surface area contributed by atoms with Crippen molar-refractivity contribution in [3.63, 3.8) is 0 Å². The molecule has 0 rings (SSSR count). The van der Waals surface area contributed by atoms with E-state index in [1.54, 1.807) is 6.08 Å². The quantitative estimate of drug-likeness (QED) is 0.277. The molecule has 0 bridgehead atoms. The molecule has 0 spiro atoms. The van der Waals surface area contributed by atoms with Crippen LogP contribution in [0.2, 0.25) is 0 Å². The molecule has 0 aliphatic carbocycles. The number of hydrogen-bond acceptors (Lipinski definition) is 2. The fourth-order valence-electron chi connectivity index (χ4n) is 1.80. The normalized spacial score (nSPS) is 11.0. The number of hydrogen-bond donors (Lipinski definition) is 0. The molecule has 0 saturated heterocycles. The molecule has 0 heterocycles. The van der Waals surface area contributed by atoms with Crippen LogP contribution in [0.3, 0.4) is 0 Å². The number of carbonyl (C=O) groups is 1. The number of rotatable bonds is 12. The van der Waals surface area contributed by atoms with Gasteiger partial charge in [-0.1, -0.05) is 64.9 Å². The minimum absolute atomic E-state index is 0.181. The Hall–Kier alpha value is -0.790. The van der Waals surface area contributed by atoms with E-state index in [0.717, 1.165) is 19.3 Å². The molecule has 2 nitrogen and oxygen atoms in total. The highest BCUT2D eigenvalue weighted by Crippen LogP contribution is 2.05. The van der Waals surface area contributed by atoms with E-state index in [1.165, 1.54) is 44.9 Å². The van der Waals surface area contributed by atoms with Crippen LogP contribution in [0.1, 0.15) is 78.1 Å². The van der Waals surface area contributed by atoms with E-state index in [2.05, 4.69) is 13.8 Å². The lowest BCUT2D eigenvalue weighted by Crippen LogP contribution is -2.02. The van der Waals surface area contributed by atoms with Crippen LogP contribution in [0.15, 0.2) is 12.2 Å². The molecule has 2 heteroatoms. The predicted octanol–water partition coefficient (Wildman–Crippen LogP) is 5.03. The van der Waals surface area contributed by atoms with Crippen LogP contribution in [-0.4, -0.2) is 12.6 Å². The zero-order valence-corrected chi connectivity index (χ0v) is 12.2. The summed E-state index contributed by atoms with van der Waals surface area (Å²) in [5.74, 6) is -0.181. The van der Waals surface area contributed by atoms with E-state index in [-0.39, 0.29) is 5.97 Å². The van der Waals surface area contributed by atoms with Gasteiger partial charge in [-0.25, -0.2) is 4.79 Å². The molecule has 0 aromatic heterocycles. The summed E-state index contributed by atoms with van der Waals surface area (Å²) in [7, 11) is 0. The van der Waals surface area contributed by atoms with Crippen molar-refractivity contribution in [1.82, 2.24) is 0 Å². The molecular formula is C16H30O2. The first-order valence-electron chi connectivity index (χ1n) is 7.64.